The third kappa shape index (κ3) is 3.92. The van der Waals surface area contributed by atoms with Gasteiger partial charge in [-0.25, -0.2) is 4.79 Å². The molecule has 1 aromatic carbocycles. The number of halogens is 1. The number of hydrogen-bond acceptors (Lipinski definition) is 8. The van der Waals surface area contributed by atoms with Crippen molar-refractivity contribution in [2.45, 2.75) is 26.4 Å². The van der Waals surface area contributed by atoms with Crippen LogP contribution in [0.2, 0.25) is 0 Å². The van der Waals surface area contributed by atoms with Crippen LogP contribution in [0.25, 0.3) is 0 Å². The number of hydrazone groups is 1. The van der Waals surface area contributed by atoms with Crippen molar-refractivity contribution in [3.8, 4) is 5.75 Å². The molecule has 0 aromatic heterocycles. The molecule has 1 saturated heterocycles. The van der Waals surface area contributed by atoms with E-state index in [0.717, 1.165) is 17.6 Å². The normalized spacial score (nSPS) is 25.8. The predicted octanol–water partition coefficient (Wildman–Crippen LogP) is 2.83. The monoisotopic (exact) mass is 505 g/mol. The van der Waals surface area contributed by atoms with Gasteiger partial charge in [0.2, 0.25) is 5.75 Å². The smallest absolute Gasteiger partial charge is 0.344 e. The summed E-state index contributed by atoms with van der Waals surface area (Å²) in [5.74, 6) is -2.40. The molecule has 1 aliphatic heterocycles. The van der Waals surface area contributed by atoms with Gasteiger partial charge in [0.1, 0.15) is 0 Å². The van der Waals surface area contributed by atoms with Crippen molar-refractivity contribution in [3.05, 3.63) is 44.4 Å². The first-order valence-corrected chi connectivity index (χ1v) is 10.9. The molecule has 168 valence electrons. The molecule has 2 fully saturated rings. The first-order valence-electron chi connectivity index (χ1n) is 10.1. The molecule has 0 radical (unpaired) electrons. The van der Waals surface area contributed by atoms with Gasteiger partial charge < -0.3 is 9.47 Å². The lowest BCUT2D eigenvalue weighted by atomic mass is 9.85. The van der Waals surface area contributed by atoms with Gasteiger partial charge in [-0.15, -0.1) is 0 Å². The number of esters is 1. The van der Waals surface area contributed by atoms with Gasteiger partial charge in [-0.3, -0.25) is 19.7 Å². The van der Waals surface area contributed by atoms with Crippen LogP contribution in [0, 0.1) is 33.8 Å². The number of benzene rings is 1. The molecule has 2 amide bonds. The molecule has 1 aromatic rings. The van der Waals surface area contributed by atoms with Crippen LogP contribution in [0.3, 0.4) is 0 Å². The average molecular weight is 506 g/mol. The standard InChI is InChI=1S/C21H20BrN3O7/c1-10(2)32-16(26)9-31-19-13(6-14(22)7-15(19)25(29)30)8-23-24-20(27)17-11-3-4-12(5-11)18(17)21(24)28/h3-4,6-8,10-12,17-18H,5,9H2,1-2H3/t11-,12-,17-,18+/m0/s1. The van der Waals surface area contributed by atoms with E-state index in [0.29, 0.717) is 4.47 Å². The lowest BCUT2D eigenvalue weighted by Gasteiger charge is -2.13. The number of nitrogens with zero attached hydrogens (tertiary/aromatic N) is 3. The number of ether oxygens (including phenoxy) is 2. The molecular formula is C21H20BrN3O7. The fraction of sp³-hybridized carbons (Fsp3) is 0.429. The van der Waals surface area contributed by atoms with Crippen LogP contribution in [0.4, 0.5) is 5.69 Å². The summed E-state index contributed by atoms with van der Waals surface area (Å²) in [6.45, 7) is 2.78. The van der Waals surface area contributed by atoms with E-state index in [4.69, 9.17) is 9.47 Å². The molecule has 1 heterocycles. The van der Waals surface area contributed by atoms with E-state index in [9.17, 15) is 24.5 Å². The largest absolute Gasteiger partial charge is 0.474 e. The maximum absolute atomic E-state index is 12.8. The number of imide groups is 1. The fourth-order valence-corrected chi connectivity index (χ4v) is 5.00. The molecule has 4 atom stereocenters. The molecule has 0 N–H and O–H groups in total. The van der Waals surface area contributed by atoms with E-state index in [2.05, 4.69) is 21.0 Å². The number of carbonyl (C=O) groups excluding carboxylic acids is 3. The molecule has 0 unspecified atom stereocenters. The average Bonchev–Trinajstić information content (AvgIpc) is 3.39. The summed E-state index contributed by atoms with van der Waals surface area (Å²) in [4.78, 5) is 48.3. The summed E-state index contributed by atoms with van der Waals surface area (Å²) in [6.07, 6.45) is 5.54. The molecule has 32 heavy (non-hydrogen) atoms. The van der Waals surface area contributed by atoms with E-state index < -0.39 is 35.0 Å². The van der Waals surface area contributed by atoms with Crippen molar-refractivity contribution in [2.75, 3.05) is 6.61 Å². The minimum absolute atomic E-state index is 0.0412. The van der Waals surface area contributed by atoms with Crippen molar-refractivity contribution < 1.29 is 28.8 Å². The Balaban J connectivity index is 1.61. The predicted molar refractivity (Wildman–Crippen MR) is 115 cm³/mol. The Hall–Kier alpha value is -3.08. The maximum Gasteiger partial charge on any atom is 0.344 e. The number of fused-ring (bicyclic) bond motifs is 5. The molecule has 4 rings (SSSR count). The topological polar surface area (TPSA) is 128 Å². The third-order valence-corrected chi connectivity index (χ3v) is 6.18. The highest BCUT2D eigenvalue weighted by Crippen LogP contribution is 2.52. The highest BCUT2D eigenvalue weighted by Gasteiger charge is 2.59. The van der Waals surface area contributed by atoms with Gasteiger partial charge in [-0.2, -0.15) is 10.1 Å². The zero-order valence-corrected chi connectivity index (χ0v) is 18.9. The van der Waals surface area contributed by atoms with Crippen LogP contribution in [0.15, 0.2) is 33.9 Å². The van der Waals surface area contributed by atoms with E-state index in [1.165, 1.54) is 12.1 Å². The Bertz CT molecular complexity index is 1040. The number of rotatable bonds is 7. The quantitative estimate of drug-likeness (QED) is 0.139. The number of carbonyl (C=O) groups is 3. The van der Waals surface area contributed by atoms with Crippen molar-refractivity contribution >= 4 is 45.6 Å². The molecule has 3 aliphatic rings. The number of allylic oxidation sites excluding steroid dienone is 2. The van der Waals surface area contributed by atoms with Crippen LogP contribution in [-0.4, -0.2) is 46.6 Å². The lowest BCUT2D eigenvalue weighted by molar-refractivity contribution is -0.385. The number of nitro benzene ring substituents is 1. The molecular weight excluding hydrogens is 486 g/mol. The molecule has 2 bridgehead atoms. The van der Waals surface area contributed by atoms with Crippen molar-refractivity contribution in [3.63, 3.8) is 0 Å². The van der Waals surface area contributed by atoms with Crippen LogP contribution in [0.1, 0.15) is 25.8 Å². The zero-order valence-electron chi connectivity index (χ0n) is 17.3. The van der Waals surface area contributed by atoms with Crippen LogP contribution < -0.4 is 4.74 Å². The Kier molecular flexibility index (Phi) is 5.85. The second-order valence-electron chi connectivity index (χ2n) is 8.16. The van der Waals surface area contributed by atoms with Gasteiger partial charge in [0.25, 0.3) is 11.8 Å². The summed E-state index contributed by atoms with van der Waals surface area (Å²) in [6, 6.07) is 2.71. The van der Waals surface area contributed by atoms with Crippen molar-refractivity contribution in [2.24, 2.45) is 28.8 Å². The maximum atomic E-state index is 12.8. The first-order chi connectivity index (χ1) is 15.2. The second kappa shape index (κ2) is 8.45. The highest BCUT2D eigenvalue weighted by molar-refractivity contribution is 9.10. The summed E-state index contributed by atoms with van der Waals surface area (Å²) in [5.41, 5.74) is -0.279. The SMILES string of the molecule is CC(C)OC(=O)COc1c(C=NN2C(=O)[C@@H]3[C@H](C2=O)[C@H]2C=C[C@H]3C2)cc(Br)cc1[N+](=O)[O-]. The Morgan fingerprint density at radius 1 is 1.28 bits per heavy atom. The van der Waals surface area contributed by atoms with E-state index in [1.807, 2.05) is 12.2 Å². The van der Waals surface area contributed by atoms with Crippen LogP contribution >= 0.6 is 15.9 Å². The van der Waals surface area contributed by atoms with E-state index >= 15 is 0 Å². The van der Waals surface area contributed by atoms with E-state index in [1.54, 1.807) is 13.8 Å². The van der Waals surface area contributed by atoms with E-state index in [-0.39, 0.29) is 41.1 Å². The van der Waals surface area contributed by atoms with Crippen molar-refractivity contribution in [1.29, 1.82) is 0 Å². The minimum atomic E-state index is -0.694. The molecule has 2 aliphatic carbocycles. The highest BCUT2D eigenvalue weighted by atomic mass is 79.9. The summed E-state index contributed by atoms with van der Waals surface area (Å²) < 4.78 is 10.8. The summed E-state index contributed by atoms with van der Waals surface area (Å²) >= 11 is 3.20. The lowest BCUT2D eigenvalue weighted by Crippen LogP contribution is -2.28. The third-order valence-electron chi connectivity index (χ3n) is 5.72. The number of hydrogen-bond donors (Lipinski definition) is 0. The molecule has 11 heteroatoms. The second-order valence-corrected chi connectivity index (χ2v) is 9.08. The summed E-state index contributed by atoms with van der Waals surface area (Å²) in [7, 11) is 0. The van der Waals surface area contributed by atoms with Gasteiger partial charge in [0.05, 0.1) is 29.1 Å². The fourth-order valence-electron chi connectivity index (χ4n) is 4.54. The zero-order chi connectivity index (χ0) is 23.2. The summed E-state index contributed by atoms with van der Waals surface area (Å²) in [5, 5.41) is 16.4. The first kappa shape index (κ1) is 22.1. The Morgan fingerprint density at radius 3 is 2.47 bits per heavy atom. The Morgan fingerprint density at radius 2 is 1.91 bits per heavy atom. The van der Waals surface area contributed by atoms with Crippen LogP contribution in [-0.2, 0) is 19.1 Å². The van der Waals surface area contributed by atoms with Gasteiger partial charge in [0.15, 0.2) is 6.61 Å². The van der Waals surface area contributed by atoms with Crippen molar-refractivity contribution in [1.82, 2.24) is 5.01 Å². The van der Waals surface area contributed by atoms with Crippen LogP contribution in [0.5, 0.6) is 5.75 Å². The van der Waals surface area contributed by atoms with Gasteiger partial charge in [-0.05, 0) is 38.2 Å². The molecule has 10 nitrogen and oxygen atoms in total. The Labute approximate surface area is 191 Å². The molecule has 1 saturated carbocycles. The van der Waals surface area contributed by atoms with Gasteiger partial charge in [-0.1, -0.05) is 28.1 Å². The van der Waals surface area contributed by atoms with Gasteiger partial charge in [0, 0.05) is 16.1 Å². The number of amides is 2. The minimum Gasteiger partial charge on any atom is -0.474 e. The van der Waals surface area contributed by atoms with Gasteiger partial charge >= 0.3 is 11.7 Å². The number of nitro groups is 1. The molecule has 0 spiro atoms.